The maximum Gasteiger partial charge on any atom is 0.225 e. The van der Waals surface area contributed by atoms with Crippen molar-refractivity contribution in [2.75, 3.05) is 13.1 Å². The van der Waals surface area contributed by atoms with Crippen molar-refractivity contribution in [1.82, 2.24) is 4.90 Å². The molecule has 0 spiro atoms. The Kier molecular flexibility index (Phi) is 3.69. The molecule has 1 aliphatic heterocycles. The number of hydrogen-bond donors (Lipinski definition) is 0. The molecule has 2 aliphatic rings. The third-order valence-corrected chi connectivity index (χ3v) is 5.49. The number of carbonyl (C=O) groups is 1. The van der Waals surface area contributed by atoms with E-state index < -0.39 is 0 Å². The fraction of sp³-hybridized carbons (Fsp3) is 0.667. The first-order valence-corrected chi connectivity index (χ1v) is 8.05. The van der Waals surface area contributed by atoms with E-state index in [1.165, 1.54) is 17.7 Å². The van der Waals surface area contributed by atoms with Gasteiger partial charge < -0.3 is 4.90 Å². The predicted molar refractivity (Wildman–Crippen MR) is 74.8 cm³/mol. The van der Waals surface area contributed by atoms with Gasteiger partial charge in [0.2, 0.25) is 5.91 Å². The Morgan fingerprint density at radius 3 is 2.50 bits per heavy atom. The lowest BCUT2D eigenvalue weighted by molar-refractivity contribution is -0.136. The van der Waals surface area contributed by atoms with Gasteiger partial charge in [-0.1, -0.05) is 18.9 Å². The molecule has 1 aromatic heterocycles. The molecule has 2 heterocycles. The molecule has 1 saturated carbocycles. The summed E-state index contributed by atoms with van der Waals surface area (Å²) in [4.78, 5) is 15.9. The molecule has 1 aromatic rings. The van der Waals surface area contributed by atoms with Crippen molar-refractivity contribution in [3.63, 3.8) is 0 Å². The van der Waals surface area contributed by atoms with Crippen molar-refractivity contribution < 1.29 is 4.79 Å². The minimum Gasteiger partial charge on any atom is -0.342 e. The van der Waals surface area contributed by atoms with Crippen LogP contribution in [0.25, 0.3) is 0 Å². The van der Waals surface area contributed by atoms with E-state index in [0.29, 0.717) is 17.7 Å². The minimum atomic E-state index is 0.350. The van der Waals surface area contributed by atoms with E-state index in [1.54, 1.807) is 0 Å². The van der Waals surface area contributed by atoms with Gasteiger partial charge in [-0.15, -0.1) is 11.3 Å². The molecule has 0 aromatic carbocycles. The fourth-order valence-corrected chi connectivity index (χ4v) is 4.24. The van der Waals surface area contributed by atoms with Gasteiger partial charge in [-0.25, -0.2) is 0 Å². The molecule has 0 radical (unpaired) electrons. The summed E-state index contributed by atoms with van der Waals surface area (Å²) in [5.41, 5.74) is 0. The van der Waals surface area contributed by atoms with Gasteiger partial charge in [0.25, 0.3) is 0 Å². The molecule has 0 bridgehead atoms. The van der Waals surface area contributed by atoms with Crippen LogP contribution in [-0.4, -0.2) is 23.9 Å². The maximum absolute atomic E-state index is 12.3. The lowest BCUT2D eigenvalue weighted by Gasteiger charge is -2.33. The molecule has 3 rings (SSSR count). The summed E-state index contributed by atoms with van der Waals surface area (Å²) in [5, 5.41) is 2.16. The highest BCUT2D eigenvalue weighted by atomic mass is 32.1. The lowest BCUT2D eigenvalue weighted by atomic mass is 9.94. The summed E-state index contributed by atoms with van der Waals surface area (Å²) in [7, 11) is 0. The van der Waals surface area contributed by atoms with E-state index in [-0.39, 0.29) is 0 Å². The van der Waals surface area contributed by atoms with Gasteiger partial charge in [0.05, 0.1) is 0 Å². The zero-order chi connectivity index (χ0) is 12.4. The second kappa shape index (κ2) is 5.43. The average Bonchev–Trinajstić information content (AvgIpc) is 3.11. The Balaban J connectivity index is 1.55. The number of piperidine rings is 1. The van der Waals surface area contributed by atoms with Crippen LogP contribution in [0.15, 0.2) is 17.5 Å². The van der Waals surface area contributed by atoms with E-state index in [9.17, 15) is 4.79 Å². The molecule has 98 valence electrons. The van der Waals surface area contributed by atoms with E-state index in [0.717, 1.165) is 38.8 Å². The third kappa shape index (κ3) is 2.46. The first kappa shape index (κ1) is 12.2. The second-order valence-corrected chi connectivity index (χ2v) is 6.58. The molecule has 3 heteroatoms. The predicted octanol–water partition coefficient (Wildman–Crippen LogP) is 3.64. The van der Waals surface area contributed by atoms with Crippen molar-refractivity contribution in [3.05, 3.63) is 22.4 Å². The Morgan fingerprint density at radius 2 is 1.89 bits per heavy atom. The molecule has 1 saturated heterocycles. The van der Waals surface area contributed by atoms with Gasteiger partial charge in [0.15, 0.2) is 0 Å². The van der Waals surface area contributed by atoms with Crippen LogP contribution in [0, 0.1) is 5.92 Å². The molecule has 2 fully saturated rings. The molecule has 0 unspecified atom stereocenters. The van der Waals surface area contributed by atoms with Gasteiger partial charge in [-0.3, -0.25) is 4.79 Å². The smallest absolute Gasteiger partial charge is 0.225 e. The van der Waals surface area contributed by atoms with Crippen molar-refractivity contribution in [1.29, 1.82) is 0 Å². The molecule has 0 N–H and O–H groups in total. The zero-order valence-electron chi connectivity index (χ0n) is 10.8. The number of thiophene rings is 1. The quantitative estimate of drug-likeness (QED) is 0.797. The third-order valence-electron chi connectivity index (χ3n) is 4.46. The average molecular weight is 263 g/mol. The molecule has 1 amide bonds. The largest absolute Gasteiger partial charge is 0.342 e. The normalized spacial score (nSPS) is 22.6. The van der Waals surface area contributed by atoms with Crippen LogP contribution in [0.2, 0.25) is 0 Å². The van der Waals surface area contributed by atoms with Gasteiger partial charge in [0.1, 0.15) is 0 Å². The zero-order valence-corrected chi connectivity index (χ0v) is 11.6. The summed E-state index contributed by atoms with van der Waals surface area (Å²) in [6, 6.07) is 4.37. The highest BCUT2D eigenvalue weighted by Crippen LogP contribution is 2.33. The Morgan fingerprint density at radius 1 is 1.17 bits per heavy atom. The number of likely N-dealkylation sites (tertiary alicyclic amines) is 1. The Labute approximate surface area is 113 Å². The first-order valence-electron chi connectivity index (χ1n) is 7.17. The summed E-state index contributed by atoms with van der Waals surface area (Å²) in [6.45, 7) is 1.94. The second-order valence-electron chi connectivity index (χ2n) is 5.60. The summed E-state index contributed by atoms with van der Waals surface area (Å²) < 4.78 is 0. The van der Waals surface area contributed by atoms with Crippen LogP contribution in [-0.2, 0) is 4.79 Å². The van der Waals surface area contributed by atoms with E-state index in [2.05, 4.69) is 22.4 Å². The Bertz CT molecular complexity index is 387. The number of hydrogen-bond acceptors (Lipinski definition) is 2. The number of carbonyl (C=O) groups excluding carboxylic acids is 1. The SMILES string of the molecule is O=C(C1CCCC1)N1CCC(c2cccs2)CC1. The van der Waals surface area contributed by atoms with Crippen LogP contribution in [0.4, 0.5) is 0 Å². The van der Waals surface area contributed by atoms with Crippen molar-refractivity contribution in [3.8, 4) is 0 Å². The topological polar surface area (TPSA) is 20.3 Å². The summed E-state index contributed by atoms with van der Waals surface area (Å²) in [6.07, 6.45) is 7.06. The molecule has 1 aliphatic carbocycles. The highest BCUT2D eigenvalue weighted by molar-refractivity contribution is 7.10. The van der Waals surface area contributed by atoms with Crippen LogP contribution in [0.1, 0.15) is 49.3 Å². The molecular weight excluding hydrogens is 242 g/mol. The number of rotatable bonds is 2. The first-order chi connectivity index (χ1) is 8.84. The monoisotopic (exact) mass is 263 g/mol. The maximum atomic E-state index is 12.3. The van der Waals surface area contributed by atoms with Crippen LogP contribution < -0.4 is 0 Å². The van der Waals surface area contributed by atoms with Crippen molar-refractivity contribution in [2.24, 2.45) is 5.92 Å². The Hall–Kier alpha value is -0.830. The number of amides is 1. The minimum absolute atomic E-state index is 0.350. The standard InChI is InChI=1S/C15H21NOS/c17-15(13-4-1-2-5-13)16-9-7-12(8-10-16)14-6-3-11-18-14/h3,6,11-13H,1-2,4-5,7-10H2. The molecular formula is C15H21NOS. The van der Waals surface area contributed by atoms with Gasteiger partial charge >= 0.3 is 0 Å². The number of nitrogens with zero attached hydrogens (tertiary/aromatic N) is 1. The van der Waals surface area contributed by atoms with Crippen molar-refractivity contribution >= 4 is 17.2 Å². The van der Waals surface area contributed by atoms with Crippen LogP contribution >= 0.6 is 11.3 Å². The van der Waals surface area contributed by atoms with E-state index >= 15 is 0 Å². The van der Waals surface area contributed by atoms with E-state index in [1.807, 2.05) is 11.3 Å². The van der Waals surface area contributed by atoms with Gasteiger partial charge in [-0.2, -0.15) is 0 Å². The van der Waals surface area contributed by atoms with Crippen molar-refractivity contribution in [2.45, 2.75) is 44.4 Å². The van der Waals surface area contributed by atoms with Crippen LogP contribution in [0.3, 0.4) is 0 Å². The summed E-state index contributed by atoms with van der Waals surface area (Å²) in [5.74, 6) is 1.48. The van der Waals surface area contributed by atoms with Crippen LogP contribution in [0.5, 0.6) is 0 Å². The fourth-order valence-electron chi connectivity index (χ4n) is 3.34. The molecule has 0 atom stereocenters. The molecule has 2 nitrogen and oxygen atoms in total. The van der Waals surface area contributed by atoms with E-state index in [4.69, 9.17) is 0 Å². The van der Waals surface area contributed by atoms with Gasteiger partial charge in [0, 0.05) is 23.9 Å². The highest BCUT2D eigenvalue weighted by Gasteiger charge is 2.30. The van der Waals surface area contributed by atoms with Gasteiger partial charge in [-0.05, 0) is 43.0 Å². The molecule has 18 heavy (non-hydrogen) atoms. The lowest BCUT2D eigenvalue weighted by Crippen LogP contribution is -2.40. The summed E-state index contributed by atoms with van der Waals surface area (Å²) >= 11 is 1.86.